The molecule has 1 aromatic heterocycles. The number of imidazole rings is 1. The minimum atomic E-state index is -0.924. The summed E-state index contributed by atoms with van der Waals surface area (Å²) < 4.78 is 13.1. The summed E-state index contributed by atoms with van der Waals surface area (Å²) in [5.74, 6) is -1.23. The van der Waals surface area contributed by atoms with Crippen LogP contribution in [-0.2, 0) is 29.3 Å². The highest BCUT2D eigenvalue weighted by atomic mass is 16.7. The topological polar surface area (TPSA) is 143 Å². The number of carboxylic acids is 1. The first-order chi connectivity index (χ1) is 20.4. The number of benzene rings is 2. The molecule has 0 saturated carbocycles. The molecule has 0 spiro atoms. The van der Waals surface area contributed by atoms with E-state index in [-0.39, 0.29) is 25.9 Å². The standard InChI is InChI=1S/C31H39N5O6/c1-2-3-9-36(24-6-4-5-21(12-24)15-32)28(38)17-35-16-25(22-13-23(18-37)30-27(14-22)41-20-42-30)29(31(39)40)26(35)7-10-34-11-8-33-19-34/h4-6,8,11-14,19,25-26,29,37H,2-3,7,9-10,15-18,20,32H2,1H3,(H,39,40)/t25-,26+,29-/m1/s1. The second-order valence-electron chi connectivity index (χ2n) is 10.9. The fourth-order valence-electron chi connectivity index (χ4n) is 6.15. The summed E-state index contributed by atoms with van der Waals surface area (Å²) in [5.41, 5.74) is 8.91. The van der Waals surface area contributed by atoms with Crippen molar-refractivity contribution in [2.75, 3.05) is 31.3 Å². The number of unbranched alkanes of at least 4 members (excludes halogenated alkanes) is 1. The quantitative estimate of drug-likeness (QED) is 0.279. The molecule has 4 N–H and O–H groups in total. The maximum atomic E-state index is 14.0. The Labute approximate surface area is 245 Å². The van der Waals surface area contributed by atoms with Crippen molar-refractivity contribution in [1.29, 1.82) is 0 Å². The van der Waals surface area contributed by atoms with Crippen molar-refractivity contribution in [3.05, 3.63) is 71.8 Å². The van der Waals surface area contributed by atoms with Crippen LogP contribution in [0.3, 0.4) is 0 Å². The fourth-order valence-corrected chi connectivity index (χ4v) is 6.15. The Bertz CT molecular complexity index is 1380. The van der Waals surface area contributed by atoms with Crippen molar-refractivity contribution in [3.63, 3.8) is 0 Å². The van der Waals surface area contributed by atoms with Crippen LogP contribution in [0.1, 0.15) is 48.8 Å². The number of amides is 1. The molecule has 0 bridgehead atoms. The number of aromatic nitrogens is 2. The molecule has 1 fully saturated rings. The molecule has 11 heteroatoms. The molecule has 11 nitrogen and oxygen atoms in total. The van der Waals surface area contributed by atoms with Gasteiger partial charge in [0, 0.05) is 61.8 Å². The van der Waals surface area contributed by atoms with Gasteiger partial charge in [0.15, 0.2) is 11.5 Å². The number of fused-ring (bicyclic) bond motifs is 1. The van der Waals surface area contributed by atoms with Crippen LogP contribution < -0.4 is 20.1 Å². The second-order valence-corrected chi connectivity index (χ2v) is 10.9. The Morgan fingerprint density at radius 3 is 2.79 bits per heavy atom. The third-order valence-electron chi connectivity index (χ3n) is 8.28. The number of aliphatic hydroxyl groups excluding tert-OH is 1. The van der Waals surface area contributed by atoms with Gasteiger partial charge in [-0.15, -0.1) is 0 Å². The van der Waals surface area contributed by atoms with Gasteiger partial charge in [-0.05, 0) is 48.2 Å². The normalized spacial score (nSPS) is 19.7. The third-order valence-corrected chi connectivity index (χ3v) is 8.28. The van der Waals surface area contributed by atoms with Crippen LogP contribution >= 0.6 is 0 Å². The number of nitrogens with zero attached hydrogens (tertiary/aromatic N) is 4. The van der Waals surface area contributed by atoms with Gasteiger partial charge in [0.25, 0.3) is 0 Å². The van der Waals surface area contributed by atoms with E-state index in [0.29, 0.717) is 49.7 Å². The molecule has 42 heavy (non-hydrogen) atoms. The summed E-state index contributed by atoms with van der Waals surface area (Å²) >= 11 is 0. The molecule has 3 atom stereocenters. The molecule has 0 radical (unpaired) electrons. The lowest BCUT2D eigenvalue weighted by Crippen LogP contribution is -2.45. The number of aliphatic hydroxyl groups is 1. The Hall–Kier alpha value is -3.93. The molecule has 1 amide bonds. The van der Waals surface area contributed by atoms with E-state index in [1.165, 1.54) is 0 Å². The second kappa shape index (κ2) is 13.4. The van der Waals surface area contributed by atoms with Crippen molar-refractivity contribution in [3.8, 4) is 11.5 Å². The van der Waals surface area contributed by atoms with Gasteiger partial charge in [-0.25, -0.2) is 4.98 Å². The minimum absolute atomic E-state index is 0.0475. The van der Waals surface area contributed by atoms with E-state index < -0.39 is 23.8 Å². The molecule has 224 valence electrons. The number of hydrogen-bond donors (Lipinski definition) is 3. The summed E-state index contributed by atoms with van der Waals surface area (Å²) in [5, 5.41) is 20.6. The number of ether oxygens (including phenoxy) is 2. The highest BCUT2D eigenvalue weighted by Crippen LogP contribution is 2.44. The highest BCUT2D eigenvalue weighted by Gasteiger charge is 2.47. The van der Waals surface area contributed by atoms with E-state index in [9.17, 15) is 19.8 Å². The summed E-state index contributed by atoms with van der Waals surface area (Å²) in [4.78, 5) is 34.8. The highest BCUT2D eigenvalue weighted by molar-refractivity contribution is 5.95. The zero-order chi connectivity index (χ0) is 29.6. The SMILES string of the molecule is CCCCN(C(=O)CN1C[C@H](c2cc(CO)c3c(c2)OCO3)[C@@H](C(=O)O)[C@@H]1CCn1ccnc1)c1cccc(CN)c1. The average molecular weight is 578 g/mol. The third kappa shape index (κ3) is 6.28. The van der Waals surface area contributed by atoms with Crippen LogP contribution in [-0.4, -0.2) is 69.0 Å². The lowest BCUT2D eigenvalue weighted by molar-refractivity contribution is -0.143. The van der Waals surface area contributed by atoms with Gasteiger partial charge < -0.3 is 34.9 Å². The summed E-state index contributed by atoms with van der Waals surface area (Å²) in [6.07, 6.45) is 7.53. The van der Waals surface area contributed by atoms with Gasteiger partial charge in [-0.1, -0.05) is 25.5 Å². The number of anilines is 1. The Morgan fingerprint density at radius 1 is 1.21 bits per heavy atom. The summed E-state index contributed by atoms with van der Waals surface area (Å²) in [7, 11) is 0. The number of rotatable bonds is 13. The molecule has 3 aromatic rings. The van der Waals surface area contributed by atoms with Crippen LogP contribution in [0, 0.1) is 5.92 Å². The zero-order valence-corrected chi connectivity index (χ0v) is 23.9. The number of carbonyl (C=O) groups excluding carboxylic acids is 1. The molecule has 0 unspecified atom stereocenters. The van der Waals surface area contributed by atoms with Gasteiger partial charge in [-0.3, -0.25) is 14.5 Å². The van der Waals surface area contributed by atoms with Crippen LogP contribution in [0.2, 0.25) is 0 Å². The van der Waals surface area contributed by atoms with Gasteiger partial charge in [0.2, 0.25) is 12.7 Å². The lowest BCUT2D eigenvalue weighted by atomic mass is 9.83. The molecule has 0 aliphatic carbocycles. The van der Waals surface area contributed by atoms with Gasteiger partial charge >= 0.3 is 5.97 Å². The van der Waals surface area contributed by atoms with E-state index in [4.69, 9.17) is 15.2 Å². The van der Waals surface area contributed by atoms with Crippen LogP contribution in [0.15, 0.2) is 55.1 Å². The van der Waals surface area contributed by atoms with E-state index in [1.807, 2.05) is 46.0 Å². The number of aliphatic carboxylic acids is 1. The number of carboxylic acid groups (broad SMARTS) is 1. The van der Waals surface area contributed by atoms with Crippen molar-refractivity contribution >= 4 is 17.6 Å². The van der Waals surface area contributed by atoms with Crippen molar-refractivity contribution < 1.29 is 29.3 Å². The largest absolute Gasteiger partial charge is 0.481 e. The number of carbonyl (C=O) groups is 2. The van der Waals surface area contributed by atoms with Crippen molar-refractivity contribution in [2.45, 2.75) is 57.8 Å². The van der Waals surface area contributed by atoms with Crippen LogP contribution in [0.4, 0.5) is 5.69 Å². The molecule has 3 heterocycles. The van der Waals surface area contributed by atoms with Crippen LogP contribution in [0.5, 0.6) is 11.5 Å². The number of aryl methyl sites for hydroxylation is 1. The number of hydrogen-bond acceptors (Lipinski definition) is 8. The van der Waals surface area contributed by atoms with Crippen molar-refractivity contribution in [2.24, 2.45) is 11.7 Å². The summed E-state index contributed by atoms with van der Waals surface area (Å²) in [6, 6.07) is 10.9. The monoisotopic (exact) mass is 577 g/mol. The van der Waals surface area contributed by atoms with Crippen LogP contribution in [0.25, 0.3) is 0 Å². The summed E-state index contributed by atoms with van der Waals surface area (Å²) in [6.45, 7) is 3.81. The lowest BCUT2D eigenvalue weighted by Gasteiger charge is -2.30. The number of nitrogens with two attached hydrogens (primary N) is 1. The first-order valence-electron chi connectivity index (χ1n) is 14.5. The molecule has 5 rings (SSSR count). The van der Waals surface area contributed by atoms with Crippen molar-refractivity contribution in [1.82, 2.24) is 14.5 Å². The van der Waals surface area contributed by atoms with Gasteiger partial charge in [0.1, 0.15) is 0 Å². The predicted molar refractivity (Wildman–Crippen MR) is 156 cm³/mol. The average Bonchev–Trinajstić information content (AvgIpc) is 3.76. The predicted octanol–water partition coefficient (Wildman–Crippen LogP) is 2.96. The Morgan fingerprint density at radius 2 is 2.07 bits per heavy atom. The number of likely N-dealkylation sites (tertiary alicyclic amines) is 1. The van der Waals surface area contributed by atoms with E-state index >= 15 is 0 Å². The Kier molecular flexibility index (Phi) is 9.41. The zero-order valence-electron chi connectivity index (χ0n) is 23.9. The minimum Gasteiger partial charge on any atom is -0.481 e. The van der Waals surface area contributed by atoms with Gasteiger partial charge in [-0.2, -0.15) is 0 Å². The van der Waals surface area contributed by atoms with E-state index in [0.717, 1.165) is 29.7 Å². The smallest absolute Gasteiger partial charge is 0.308 e. The molecular weight excluding hydrogens is 538 g/mol. The fraction of sp³-hybridized carbons (Fsp3) is 0.452. The van der Waals surface area contributed by atoms with E-state index in [1.54, 1.807) is 23.5 Å². The molecule has 2 aromatic carbocycles. The van der Waals surface area contributed by atoms with E-state index in [2.05, 4.69) is 11.9 Å². The maximum Gasteiger partial charge on any atom is 0.308 e. The molecule has 1 saturated heterocycles. The van der Waals surface area contributed by atoms with Gasteiger partial charge in [0.05, 0.1) is 25.4 Å². The maximum absolute atomic E-state index is 14.0. The first kappa shape index (κ1) is 29.6. The first-order valence-corrected chi connectivity index (χ1v) is 14.5. The molecule has 2 aliphatic heterocycles. The molecule has 2 aliphatic rings. The Balaban J connectivity index is 1.47. The molecular formula is C31H39N5O6.